The first-order valence-electron chi connectivity index (χ1n) is 8.98. The number of rotatable bonds is 8. The Morgan fingerprint density at radius 1 is 1.23 bits per heavy atom. The third kappa shape index (κ3) is 5.27. The Bertz CT molecular complexity index is 688. The van der Waals surface area contributed by atoms with Crippen LogP contribution in [0.5, 0.6) is 0 Å². The number of nitrogens with one attached hydrogen (secondary N) is 1. The molecule has 0 bridgehead atoms. The van der Waals surface area contributed by atoms with Crippen LogP contribution in [0.3, 0.4) is 0 Å². The van der Waals surface area contributed by atoms with Gasteiger partial charge in [-0.25, -0.2) is 0 Å². The summed E-state index contributed by atoms with van der Waals surface area (Å²) in [7, 11) is 0. The minimum absolute atomic E-state index is 0.00925. The fourth-order valence-corrected chi connectivity index (χ4v) is 3.31. The molecule has 1 fully saturated rings. The third-order valence-corrected chi connectivity index (χ3v) is 4.73. The molecule has 0 aliphatic carbocycles. The fourth-order valence-electron chi connectivity index (χ4n) is 3.18. The second-order valence-corrected chi connectivity index (χ2v) is 6.84. The van der Waals surface area contributed by atoms with Crippen LogP contribution >= 0.6 is 11.6 Å². The van der Waals surface area contributed by atoms with E-state index >= 15 is 0 Å². The van der Waals surface area contributed by atoms with Crippen molar-refractivity contribution in [1.82, 2.24) is 15.2 Å². The Labute approximate surface area is 159 Å². The Morgan fingerprint density at radius 2 is 2.00 bits per heavy atom. The summed E-state index contributed by atoms with van der Waals surface area (Å²) >= 11 is 5.87. The molecule has 1 unspecified atom stereocenters. The van der Waals surface area contributed by atoms with Crippen molar-refractivity contribution in [2.24, 2.45) is 0 Å². The molecule has 2 heterocycles. The van der Waals surface area contributed by atoms with Crippen LogP contribution in [0.25, 0.3) is 0 Å². The quantitative estimate of drug-likeness (QED) is 0.722. The van der Waals surface area contributed by atoms with E-state index in [2.05, 4.69) is 15.2 Å². The van der Waals surface area contributed by atoms with Crippen molar-refractivity contribution in [3.63, 3.8) is 0 Å². The number of likely N-dealkylation sites (tertiary alicyclic amines) is 1. The molecule has 1 aliphatic heterocycles. The number of carbonyl (C=O) groups is 1. The number of pyridine rings is 1. The molecule has 0 radical (unpaired) electrons. The van der Waals surface area contributed by atoms with Gasteiger partial charge in [-0.3, -0.25) is 14.7 Å². The topological polar surface area (TPSA) is 54.5 Å². The molecular weight excluding hydrogens is 350 g/mol. The molecule has 1 aromatic carbocycles. The van der Waals surface area contributed by atoms with E-state index in [0.29, 0.717) is 24.8 Å². The molecule has 0 spiro atoms. The van der Waals surface area contributed by atoms with Crippen LogP contribution in [0.15, 0.2) is 48.8 Å². The minimum Gasteiger partial charge on any atom is -0.375 e. The molecular formula is C20H24ClN3O2. The molecule has 1 saturated heterocycles. The van der Waals surface area contributed by atoms with Crippen molar-refractivity contribution in [1.29, 1.82) is 0 Å². The van der Waals surface area contributed by atoms with Gasteiger partial charge in [0, 0.05) is 24.0 Å². The first-order valence-corrected chi connectivity index (χ1v) is 9.36. The zero-order valence-corrected chi connectivity index (χ0v) is 15.5. The van der Waals surface area contributed by atoms with Gasteiger partial charge in [0.15, 0.2) is 0 Å². The molecule has 3 rings (SSSR count). The maximum absolute atomic E-state index is 12.8. The first-order chi connectivity index (χ1) is 12.7. The maximum atomic E-state index is 12.8. The van der Waals surface area contributed by atoms with Gasteiger partial charge in [0.25, 0.3) is 0 Å². The molecule has 1 aromatic heterocycles. The summed E-state index contributed by atoms with van der Waals surface area (Å²) < 4.78 is 5.64. The predicted octanol–water partition coefficient (Wildman–Crippen LogP) is 3.20. The largest absolute Gasteiger partial charge is 0.375 e. The lowest BCUT2D eigenvalue weighted by Crippen LogP contribution is -2.40. The highest BCUT2D eigenvalue weighted by molar-refractivity contribution is 6.30. The number of hydrogen-bond acceptors (Lipinski definition) is 4. The van der Waals surface area contributed by atoms with Crippen LogP contribution in [0, 0.1) is 0 Å². The van der Waals surface area contributed by atoms with Crippen molar-refractivity contribution in [2.75, 3.05) is 26.2 Å². The van der Waals surface area contributed by atoms with E-state index in [-0.39, 0.29) is 11.9 Å². The summed E-state index contributed by atoms with van der Waals surface area (Å²) in [6.45, 7) is 3.34. The second-order valence-electron chi connectivity index (χ2n) is 6.40. The lowest BCUT2D eigenvalue weighted by atomic mass is 10.1. The summed E-state index contributed by atoms with van der Waals surface area (Å²) in [6.07, 6.45) is 5.77. The summed E-state index contributed by atoms with van der Waals surface area (Å²) in [5.41, 5.74) is 2.00. The highest BCUT2D eigenvalue weighted by Gasteiger charge is 2.29. The summed E-state index contributed by atoms with van der Waals surface area (Å²) in [5.74, 6) is 0.00925. The van der Waals surface area contributed by atoms with Gasteiger partial charge in [0.1, 0.15) is 6.04 Å². The van der Waals surface area contributed by atoms with Crippen molar-refractivity contribution in [2.45, 2.75) is 25.5 Å². The normalized spacial score (nSPS) is 15.7. The van der Waals surface area contributed by atoms with Crippen LogP contribution in [0.2, 0.25) is 5.02 Å². The van der Waals surface area contributed by atoms with E-state index < -0.39 is 0 Å². The lowest BCUT2D eigenvalue weighted by molar-refractivity contribution is -0.126. The summed E-state index contributed by atoms with van der Waals surface area (Å²) in [4.78, 5) is 19.1. The lowest BCUT2D eigenvalue weighted by Gasteiger charge is -2.26. The third-order valence-electron chi connectivity index (χ3n) is 4.48. The zero-order valence-electron chi connectivity index (χ0n) is 14.7. The van der Waals surface area contributed by atoms with Gasteiger partial charge in [-0.05, 0) is 55.3 Å². The summed E-state index contributed by atoms with van der Waals surface area (Å²) in [6, 6.07) is 11.1. The van der Waals surface area contributed by atoms with E-state index in [0.717, 1.165) is 37.1 Å². The number of carbonyl (C=O) groups excluding carboxylic acids is 1. The number of amides is 1. The number of aromatic nitrogens is 1. The highest BCUT2D eigenvalue weighted by Crippen LogP contribution is 2.24. The van der Waals surface area contributed by atoms with Gasteiger partial charge < -0.3 is 10.1 Å². The van der Waals surface area contributed by atoms with E-state index in [1.54, 1.807) is 12.4 Å². The number of benzene rings is 1. The van der Waals surface area contributed by atoms with E-state index in [1.165, 1.54) is 0 Å². The monoisotopic (exact) mass is 373 g/mol. The molecule has 2 aromatic rings. The first kappa shape index (κ1) is 18.8. The van der Waals surface area contributed by atoms with Crippen molar-refractivity contribution in [3.05, 3.63) is 64.9 Å². The predicted molar refractivity (Wildman–Crippen MR) is 102 cm³/mol. The molecule has 26 heavy (non-hydrogen) atoms. The molecule has 1 N–H and O–H groups in total. The molecule has 5 nitrogen and oxygen atoms in total. The summed E-state index contributed by atoms with van der Waals surface area (Å²) in [5, 5.41) is 3.71. The highest BCUT2D eigenvalue weighted by atomic mass is 35.5. The van der Waals surface area contributed by atoms with Crippen LogP contribution in [0.4, 0.5) is 0 Å². The van der Waals surface area contributed by atoms with E-state index in [4.69, 9.17) is 16.3 Å². The van der Waals surface area contributed by atoms with Crippen LogP contribution in [0.1, 0.15) is 30.0 Å². The number of halogens is 1. The van der Waals surface area contributed by atoms with Crippen LogP contribution in [-0.2, 0) is 16.1 Å². The number of hydrogen-bond donors (Lipinski definition) is 1. The average molecular weight is 374 g/mol. The Morgan fingerprint density at radius 3 is 2.69 bits per heavy atom. The fraction of sp³-hybridized carbons (Fsp3) is 0.400. The molecule has 1 amide bonds. The minimum atomic E-state index is -0.275. The Kier molecular flexibility index (Phi) is 7.00. The molecule has 1 aliphatic rings. The van der Waals surface area contributed by atoms with Crippen LogP contribution in [-0.4, -0.2) is 42.0 Å². The Hall–Kier alpha value is -1.95. The number of nitrogens with zero attached hydrogens (tertiary/aromatic N) is 2. The van der Waals surface area contributed by atoms with Gasteiger partial charge >= 0.3 is 0 Å². The Balaban J connectivity index is 1.47. The smallest absolute Gasteiger partial charge is 0.242 e. The molecule has 0 saturated carbocycles. The maximum Gasteiger partial charge on any atom is 0.242 e. The molecule has 1 atom stereocenters. The zero-order chi connectivity index (χ0) is 18.2. The number of ether oxygens (including phenoxy) is 1. The molecule has 6 heteroatoms. The van der Waals surface area contributed by atoms with Crippen molar-refractivity contribution >= 4 is 17.5 Å². The van der Waals surface area contributed by atoms with Gasteiger partial charge in [-0.15, -0.1) is 0 Å². The SMILES string of the molecule is O=C(NCCOCc1ccc(Cl)cc1)C(c1cccnc1)N1CCCC1. The molecule has 138 valence electrons. The van der Waals surface area contributed by atoms with E-state index in [1.807, 2.05) is 36.4 Å². The van der Waals surface area contributed by atoms with Gasteiger partial charge in [-0.2, -0.15) is 0 Å². The standard InChI is InChI=1S/C20H24ClN3O2/c21-18-7-5-16(6-8-18)15-26-13-10-23-20(25)19(24-11-1-2-12-24)17-4-3-9-22-14-17/h3-9,14,19H,1-2,10-13,15H2,(H,23,25). The van der Waals surface area contributed by atoms with Crippen molar-refractivity contribution in [3.8, 4) is 0 Å². The second kappa shape index (κ2) is 9.67. The van der Waals surface area contributed by atoms with Crippen molar-refractivity contribution < 1.29 is 9.53 Å². The van der Waals surface area contributed by atoms with Gasteiger partial charge in [0.05, 0.1) is 13.2 Å². The van der Waals surface area contributed by atoms with Crippen LogP contribution < -0.4 is 5.32 Å². The van der Waals surface area contributed by atoms with Gasteiger partial charge in [-0.1, -0.05) is 29.8 Å². The average Bonchev–Trinajstić information content (AvgIpc) is 3.18. The van der Waals surface area contributed by atoms with E-state index in [9.17, 15) is 4.79 Å². The van der Waals surface area contributed by atoms with Gasteiger partial charge in [0.2, 0.25) is 5.91 Å².